The van der Waals surface area contributed by atoms with E-state index in [2.05, 4.69) is 22.4 Å². The van der Waals surface area contributed by atoms with Crippen molar-refractivity contribution in [3.05, 3.63) is 64.1 Å². The minimum Gasteiger partial charge on any atom is -0.408 e. The Balaban J connectivity index is 1.78. The Morgan fingerprint density at radius 1 is 1.19 bits per heavy atom. The molecule has 5 nitrogen and oxygen atoms in total. The van der Waals surface area contributed by atoms with Crippen LogP contribution in [-0.2, 0) is 17.9 Å². The zero-order chi connectivity index (χ0) is 14.7. The van der Waals surface area contributed by atoms with Crippen molar-refractivity contribution in [3.63, 3.8) is 0 Å². The molecule has 108 valence electrons. The lowest BCUT2D eigenvalue weighted by molar-refractivity contribution is 0.184. The Bertz CT molecular complexity index is 804. The molecule has 1 aromatic heterocycles. The molecule has 0 aliphatic heterocycles. The highest BCUT2D eigenvalue weighted by molar-refractivity contribution is 5.76. The van der Waals surface area contributed by atoms with Crippen molar-refractivity contribution in [3.8, 4) is 0 Å². The summed E-state index contributed by atoms with van der Waals surface area (Å²) >= 11 is 0. The number of nitrogens with one attached hydrogen (secondary N) is 2. The Morgan fingerprint density at radius 2 is 2.00 bits per heavy atom. The molecule has 5 heteroatoms. The van der Waals surface area contributed by atoms with Crippen molar-refractivity contribution in [1.82, 2.24) is 4.98 Å². The first-order valence-corrected chi connectivity index (χ1v) is 6.69. The van der Waals surface area contributed by atoms with Crippen molar-refractivity contribution in [2.75, 3.05) is 12.4 Å². The summed E-state index contributed by atoms with van der Waals surface area (Å²) in [6, 6.07) is 13.7. The van der Waals surface area contributed by atoms with Gasteiger partial charge in [-0.3, -0.25) is 4.98 Å². The summed E-state index contributed by atoms with van der Waals surface area (Å²) < 4.78 is 10.2. The minimum atomic E-state index is -0.437. The quantitative estimate of drug-likeness (QED) is 0.756. The van der Waals surface area contributed by atoms with Gasteiger partial charge in [0.25, 0.3) is 0 Å². The van der Waals surface area contributed by atoms with Gasteiger partial charge in [-0.05, 0) is 29.3 Å². The molecular formula is C16H16N2O3. The van der Waals surface area contributed by atoms with E-state index >= 15 is 0 Å². The number of fused-ring (bicyclic) bond motifs is 1. The Morgan fingerprint density at radius 3 is 2.81 bits per heavy atom. The number of aromatic amines is 1. The first-order chi connectivity index (χ1) is 10.3. The summed E-state index contributed by atoms with van der Waals surface area (Å²) in [4.78, 5) is 13.8. The first kappa shape index (κ1) is 13.5. The molecule has 0 radical (unpaired) electrons. The van der Waals surface area contributed by atoms with Gasteiger partial charge in [-0.2, -0.15) is 0 Å². The van der Waals surface area contributed by atoms with Gasteiger partial charge in [0.15, 0.2) is 5.58 Å². The van der Waals surface area contributed by atoms with E-state index in [0.29, 0.717) is 24.3 Å². The normalized spacial score (nSPS) is 10.9. The maximum Gasteiger partial charge on any atom is 0.417 e. The molecule has 0 fully saturated rings. The molecule has 0 saturated heterocycles. The molecule has 3 rings (SSSR count). The second-order valence-electron chi connectivity index (χ2n) is 4.78. The van der Waals surface area contributed by atoms with Crippen LogP contribution < -0.4 is 11.1 Å². The number of hydrogen-bond donors (Lipinski definition) is 2. The van der Waals surface area contributed by atoms with Crippen LogP contribution >= 0.6 is 0 Å². The number of H-pyrrole nitrogens is 1. The molecule has 0 saturated carbocycles. The third kappa shape index (κ3) is 2.98. The molecule has 2 N–H and O–H groups in total. The van der Waals surface area contributed by atoms with Crippen LogP contribution in [0.1, 0.15) is 11.1 Å². The average Bonchev–Trinajstić information content (AvgIpc) is 2.86. The number of rotatable bonds is 5. The second kappa shape index (κ2) is 5.85. The lowest BCUT2D eigenvalue weighted by Gasteiger charge is -2.11. The number of aromatic nitrogens is 1. The van der Waals surface area contributed by atoms with E-state index in [4.69, 9.17) is 9.15 Å². The summed E-state index contributed by atoms with van der Waals surface area (Å²) in [6.45, 7) is 1.28. The van der Waals surface area contributed by atoms with Crippen LogP contribution in [0.25, 0.3) is 11.1 Å². The molecule has 21 heavy (non-hydrogen) atoms. The van der Waals surface area contributed by atoms with Gasteiger partial charge in [0.2, 0.25) is 0 Å². The number of ether oxygens (including phenoxy) is 1. The van der Waals surface area contributed by atoms with Gasteiger partial charge in [-0.1, -0.05) is 24.3 Å². The molecular weight excluding hydrogens is 268 g/mol. The molecule has 0 bridgehead atoms. The number of oxazole rings is 1. The fourth-order valence-corrected chi connectivity index (χ4v) is 2.29. The molecule has 0 amide bonds. The van der Waals surface area contributed by atoms with Crippen molar-refractivity contribution >= 4 is 16.8 Å². The fraction of sp³-hybridized carbons (Fsp3) is 0.188. The maximum absolute atomic E-state index is 11.1. The van der Waals surface area contributed by atoms with Gasteiger partial charge < -0.3 is 14.5 Å². The van der Waals surface area contributed by atoms with Crippen LogP contribution in [0.2, 0.25) is 0 Å². The molecule has 0 aliphatic carbocycles. The predicted octanol–water partition coefficient (Wildman–Crippen LogP) is 2.88. The summed E-state index contributed by atoms with van der Waals surface area (Å²) in [5, 5.41) is 3.34. The Kier molecular flexibility index (Phi) is 3.75. The van der Waals surface area contributed by atoms with E-state index in [1.54, 1.807) is 13.2 Å². The molecule has 1 heterocycles. The summed E-state index contributed by atoms with van der Waals surface area (Å²) in [7, 11) is 1.69. The van der Waals surface area contributed by atoms with Gasteiger partial charge in [0.05, 0.1) is 12.1 Å². The zero-order valence-electron chi connectivity index (χ0n) is 11.7. The smallest absolute Gasteiger partial charge is 0.408 e. The Hall–Kier alpha value is -2.53. The predicted molar refractivity (Wildman–Crippen MR) is 81.3 cm³/mol. The van der Waals surface area contributed by atoms with E-state index in [-0.39, 0.29) is 0 Å². The second-order valence-corrected chi connectivity index (χ2v) is 4.78. The highest BCUT2D eigenvalue weighted by Gasteiger charge is 2.04. The van der Waals surface area contributed by atoms with Crippen LogP contribution in [0.15, 0.2) is 51.7 Å². The van der Waals surface area contributed by atoms with Crippen LogP contribution in [0.5, 0.6) is 0 Å². The van der Waals surface area contributed by atoms with E-state index in [9.17, 15) is 4.79 Å². The largest absolute Gasteiger partial charge is 0.417 e. The highest BCUT2D eigenvalue weighted by atomic mass is 16.5. The maximum atomic E-state index is 11.1. The molecule has 0 spiro atoms. The molecule has 0 atom stereocenters. The first-order valence-electron chi connectivity index (χ1n) is 6.69. The van der Waals surface area contributed by atoms with Gasteiger partial charge in [0.1, 0.15) is 0 Å². The van der Waals surface area contributed by atoms with Gasteiger partial charge in [0, 0.05) is 19.3 Å². The van der Waals surface area contributed by atoms with Crippen LogP contribution in [0, 0.1) is 0 Å². The molecule has 3 aromatic rings. The van der Waals surface area contributed by atoms with Crippen molar-refractivity contribution < 1.29 is 9.15 Å². The SMILES string of the molecule is COCc1ccccc1CNc1ccc2oc(=O)[nH]c2c1. The van der Waals surface area contributed by atoms with E-state index in [1.807, 2.05) is 24.3 Å². The third-order valence-corrected chi connectivity index (χ3v) is 3.32. The standard InChI is InChI=1S/C16H16N2O3/c1-20-10-12-5-3-2-4-11(12)9-17-13-6-7-15-14(8-13)18-16(19)21-15/h2-8,17H,9-10H2,1H3,(H,18,19). The number of anilines is 1. The number of hydrogen-bond acceptors (Lipinski definition) is 4. The fourth-order valence-electron chi connectivity index (χ4n) is 2.29. The summed E-state index contributed by atoms with van der Waals surface area (Å²) in [6.07, 6.45) is 0. The van der Waals surface area contributed by atoms with E-state index in [0.717, 1.165) is 11.3 Å². The van der Waals surface area contributed by atoms with Crippen LogP contribution in [0.4, 0.5) is 5.69 Å². The zero-order valence-corrected chi connectivity index (χ0v) is 11.7. The van der Waals surface area contributed by atoms with Crippen molar-refractivity contribution in [1.29, 1.82) is 0 Å². The van der Waals surface area contributed by atoms with Crippen LogP contribution in [-0.4, -0.2) is 12.1 Å². The monoisotopic (exact) mass is 284 g/mol. The molecule has 0 unspecified atom stereocenters. The van der Waals surface area contributed by atoms with E-state index < -0.39 is 5.76 Å². The average molecular weight is 284 g/mol. The van der Waals surface area contributed by atoms with Gasteiger partial charge in [-0.15, -0.1) is 0 Å². The lowest BCUT2D eigenvalue weighted by Crippen LogP contribution is -2.03. The van der Waals surface area contributed by atoms with Crippen molar-refractivity contribution in [2.24, 2.45) is 0 Å². The van der Waals surface area contributed by atoms with Crippen LogP contribution in [0.3, 0.4) is 0 Å². The Labute approximate surface area is 121 Å². The van der Waals surface area contributed by atoms with E-state index in [1.165, 1.54) is 5.56 Å². The third-order valence-electron chi connectivity index (χ3n) is 3.32. The van der Waals surface area contributed by atoms with Gasteiger partial charge >= 0.3 is 5.76 Å². The number of benzene rings is 2. The molecule has 0 aliphatic rings. The van der Waals surface area contributed by atoms with Crippen molar-refractivity contribution in [2.45, 2.75) is 13.2 Å². The topological polar surface area (TPSA) is 67.3 Å². The summed E-state index contributed by atoms with van der Waals surface area (Å²) in [5.74, 6) is -0.437. The highest BCUT2D eigenvalue weighted by Crippen LogP contribution is 2.18. The lowest BCUT2D eigenvalue weighted by atomic mass is 10.1. The molecule has 2 aromatic carbocycles. The van der Waals surface area contributed by atoms with Gasteiger partial charge in [-0.25, -0.2) is 4.79 Å². The number of methoxy groups -OCH3 is 1. The minimum absolute atomic E-state index is 0.437. The summed E-state index contributed by atoms with van der Waals surface area (Å²) in [5.41, 5.74) is 4.51.